The largest absolute Gasteiger partial charge is 0.495 e. The second kappa shape index (κ2) is 9.82. The van der Waals surface area contributed by atoms with Gasteiger partial charge in [-0.2, -0.15) is 0 Å². The number of primary sulfonamides is 1. The van der Waals surface area contributed by atoms with Gasteiger partial charge < -0.3 is 19.9 Å². The lowest BCUT2D eigenvalue weighted by Gasteiger charge is -2.38. The molecule has 0 aromatic heterocycles. The van der Waals surface area contributed by atoms with Gasteiger partial charge in [0.25, 0.3) is 0 Å². The van der Waals surface area contributed by atoms with E-state index in [1.165, 1.54) is 6.07 Å². The van der Waals surface area contributed by atoms with Crippen LogP contribution in [0.2, 0.25) is 0 Å². The molecule has 2 aromatic carbocycles. The van der Waals surface area contributed by atoms with Crippen LogP contribution < -0.4 is 20.1 Å². The van der Waals surface area contributed by atoms with Crippen LogP contribution in [0.15, 0.2) is 58.4 Å². The van der Waals surface area contributed by atoms with Crippen LogP contribution in [0.5, 0.6) is 5.75 Å². The Bertz CT molecular complexity index is 986. The Kier molecular flexibility index (Phi) is 7.17. The van der Waals surface area contributed by atoms with Gasteiger partial charge in [0.1, 0.15) is 5.75 Å². The molecule has 1 aliphatic rings. The molecule has 9 heteroatoms. The average Bonchev–Trinajstić information content (AvgIpc) is 2.76. The fourth-order valence-electron chi connectivity index (χ4n) is 3.46. The highest BCUT2D eigenvalue weighted by Gasteiger charge is 2.21. The van der Waals surface area contributed by atoms with E-state index in [0.717, 1.165) is 55.7 Å². The molecule has 1 aliphatic heterocycles. The lowest BCUT2D eigenvalue weighted by atomic mass is 10.2. The molecule has 0 unspecified atom stereocenters. The molecule has 30 heavy (non-hydrogen) atoms. The van der Waals surface area contributed by atoms with Gasteiger partial charge in [-0.25, -0.2) is 18.5 Å². The molecule has 0 aliphatic carbocycles. The van der Waals surface area contributed by atoms with Gasteiger partial charge in [-0.1, -0.05) is 24.3 Å². The van der Waals surface area contributed by atoms with Crippen LogP contribution >= 0.6 is 0 Å². The maximum atomic E-state index is 11.6. The number of nitrogens with zero attached hydrogens (tertiary/aromatic N) is 3. The van der Waals surface area contributed by atoms with Crippen LogP contribution in [0.25, 0.3) is 0 Å². The number of methoxy groups -OCH3 is 1. The van der Waals surface area contributed by atoms with Crippen molar-refractivity contribution in [3.8, 4) is 5.75 Å². The first-order valence-corrected chi connectivity index (χ1v) is 11.5. The first-order chi connectivity index (χ1) is 14.4. The first kappa shape index (κ1) is 21.9. The maximum absolute atomic E-state index is 11.6. The van der Waals surface area contributed by atoms with Crippen molar-refractivity contribution in [2.24, 2.45) is 10.1 Å². The number of anilines is 1. The number of nitrogens with two attached hydrogens (primary N) is 1. The molecule has 3 N–H and O–H groups in total. The predicted octanol–water partition coefficient (Wildman–Crippen LogP) is 1.63. The molecule has 1 saturated heterocycles. The summed E-state index contributed by atoms with van der Waals surface area (Å²) in [6.45, 7) is 6.50. The SMILES string of the molecule is CCNC(=NCc1cccc(S(N)(=O)=O)c1)N1CCN(c2ccccc2OC)CC1. The van der Waals surface area contributed by atoms with Gasteiger partial charge in [-0.3, -0.25) is 0 Å². The summed E-state index contributed by atoms with van der Waals surface area (Å²) in [7, 11) is -2.03. The highest BCUT2D eigenvalue weighted by Crippen LogP contribution is 2.28. The molecular weight excluding hydrogens is 402 g/mol. The quantitative estimate of drug-likeness (QED) is 0.533. The average molecular weight is 432 g/mol. The van der Waals surface area contributed by atoms with E-state index in [-0.39, 0.29) is 4.90 Å². The van der Waals surface area contributed by atoms with Gasteiger partial charge in [-0.15, -0.1) is 0 Å². The highest BCUT2D eigenvalue weighted by atomic mass is 32.2. The second-order valence-corrected chi connectivity index (χ2v) is 8.57. The van der Waals surface area contributed by atoms with Gasteiger partial charge in [-0.05, 0) is 36.8 Å². The summed E-state index contributed by atoms with van der Waals surface area (Å²) in [5.41, 5.74) is 1.89. The summed E-state index contributed by atoms with van der Waals surface area (Å²) in [6, 6.07) is 14.6. The number of benzene rings is 2. The highest BCUT2D eigenvalue weighted by molar-refractivity contribution is 7.89. The van der Waals surface area contributed by atoms with Gasteiger partial charge >= 0.3 is 0 Å². The Morgan fingerprint density at radius 3 is 2.53 bits per heavy atom. The fraction of sp³-hybridized carbons (Fsp3) is 0.381. The molecule has 162 valence electrons. The predicted molar refractivity (Wildman–Crippen MR) is 119 cm³/mol. The summed E-state index contributed by atoms with van der Waals surface area (Å²) in [5.74, 6) is 1.69. The second-order valence-electron chi connectivity index (χ2n) is 7.01. The minimum Gasteiger partial charge on any atom is -0.495 e. The van der Waals surface area contributed by atoms with Crippen LogP contribution in [-0.2, 0) is 16.6 Å². The molecule has 0 spiro atoms. The van der Waals surface area contributed by atoms with E-state index < -0.39 is 10.0 Å². The number of guanidine groups is 1. The third kappa shape index (κ3) is 5.43. The number of hydrogen-bond acceptors (Lipinski definition) is 5. The number of aliphatic imine (C=N–C) groups is 1. The number of ether oxygens (including phenoxy) is 1. The Morgan fingerprint density at radius 2 is 1.87 bits per heavy atom. The molecular formula is C21H29N5O3S. The topological polar surface area (TPSA) is 100 Å². The molecule has 1 fully saturated rings. The molecule has 0 radical (unpaired) electrons. The normalized spacial score (nSPS) is 15.2. The standard InChI is InChI=1S/C21H29N5O3S/c1-3-23-21(24-16-17-7-6-8-18(15-17)30(22,27)28)26-13-11-25(12-14-26)19-9-4-5-10-20(19)29-2/h4-10,15H,3,11-14,16H2,1-2H3,(H,23,24)(H2,22,27,28). The van der Waals surface area contributed by atoms with Crippen molar-refractivity contribution in [1.29, 1.82) is 0 Å². The van der Waals surface area contributed by atoms with Crippen molar-refractivity contribution in [3.05, 3.63) is 54.1 Å². The number of hydrogen-bond donors (Lipinski definition) is 2. The van der Waals surface area contributed by atoms with E-state index in [1.54, 1.807) is 19.2 Å². The van der Waals surface area contributed by atoms with Crippen molar-refractivity contribution in [2.45, 2.75) is 18.4 Å². The monoisotopic (exact) mass is 431 g/mol. The van der Waals surface area contributed by atoms with Crippen LogP contribution in [0.4, 0.5) is 5.69 Å². The number of para-hydroxylation sites is 2. The number of rotatable bonds is 6. The van der Waals surface area contributed by atoms with E-state index in [2.05, 4.69) is 21.2 Å². The Labute approximate surface area is 178 Å². The molecule has 0 atom stereocenters. The third-order valence-corrected chi connectivity index (χ3v) is 5.89. The van der Waals surface area contributed by atoms with Gasteiger partial charge in [0, 0.05) is 32.7 Å². The summed E-state index contributed by atoms with van der Waals surface area (Å²) < 4.78 is 28.6. The zero-order valence-corrected chi connectivity index (χ0v) is 18.2. The summed E-state index contributed by atoms with van der Waals surface area (Å²) in [4.78, 5) is 9.35. The molecule has 0 bridgehead atoms. The van der Waals surface area contributed by atoms with Crippen molar-refractivity contribution in [2.75, 3.05) is 44.7 Å². The molecule has 2 aromatic rings. The van der Waals surface area contributed by atoms with E-state index in [1.807, 2.05) is 31.2 Å². The minimum absolute atomic E-state index is 0.102. The van der Waals surface area contributed by atoms with Gasteiger partial charge in [0.05, 0.1) is 24.2 Å². The molecule has 8 nitrogen and oxygen atoms in total. The zero-order chi connectivity index (χ0) is 21.6. The van der Waals surface area contributed by atoms with E-state index >= 15 is 0 Å². The van der Waals surface area contributed by atoms with Crippen LogP contribution in [-0.4, -0.2) is 59.1 Å². The van der Waals surface area contributed by atoms with Crippen molar-refractivity contribution >= 4 is 21.7 Å². The lowest BCUT2D eigenvalue weighted by molar-refractivity contribution is 0.367. The van der Waals surface area contributed by atoms with Crippen molar-refractivity contribution in [1.82, 2.24) is 10.2 Å². The van der Waals surface area contributed by atoms with E-state index in [9.17, 15) is 8.42 Å². The van der Waals surface area contributed by atoms with Crippen molar-refractivity contribution in [3.63, 3.8) is 0 Å². The fourth-order valence-corrected chi connectivity index (χ4v) is 4.05. The van der Waals surface area contributed by atoms with Gasteiger partial charge in [0.2, 0.25) is 10.0 Å². The Morgan fingerprint density at radius 1 is 1.13 bits per heavy atom. The van der Waals surface area contributed by atoms with Crippen LogP contribution in [0.3, 0.4) is 0 Å². The van der Waals surface area contributed by atoms with Crippen LogP contribution in [0.1, 0.15) is 12.5 Å². The Balaban J connectivity index is 1.69. The molecule has 3 rings (SSSR count). The van der Waals surface area contributed by atoms with Crippen molar-refractivity contribution < 1.29 is 13.2 Å². The van der Waals surface area contributed by atoms with E-state index in [4.69, 9.17) is 14.9 Å². The third-order valence-electron chi connectivity index (χ3n) is 4.98. The molecule has 0 saturated carbocycles. The number of sulfonamides is 1. The number of nitrogens with one attached hydrogen (secondary N) is 1. The summed E-state index contributed by atoms with van der Waals surface area (Å²) >= 11 is 0. The molecule has 0 amide bonds. The molecule has 1 heterocycles. The number of piperazine rings is 1. The van der Waals surface area contributed by atoms with Gasteiger partial charge in [0.15, 0.2) is 5.96 Å². The van der Waals surface area contributed by atoms with Crippen LogP contribution in [0, 0.1) is 0 Å². The zero-order valence-electron chi connectivity index (χ0n) is 17.4. The maximum Gasteiger partial charge on any atom is 0.238 e. The minimum atomic E-state index is -3.72. The summed E-state index contributed by atoms with van der Waals surface area (Å²) in [6.07, 6.45) is 0. The smallest absolute Gasteiger partial charge is 0.238 e. The van der Waals surface area contributed by atoms with E-state index in [0.29, 0.717) is 6.54 Å². The lowest BCUT2D eigenvalue weighted by Crippen LogP contribution is -2.52. The Hall–Kier alpha value is -2.78. The first-order valence-electron chi connectivity index (χ1n) is 9.95. The summed E-state index contributed by atoms with van der Waals surface area (Å²) in [5, 5.41) is 8.56.